The summed E-state index contributed by atoms with van der Waals surface area (Å²) in [7, 11) is 0. The minimum absolute atomic E-state index is 0. The average Bonchev–Trinajstić information content (AvgIpc) is 1.91. The van der Waals surface area contributed by atoms with Crippen molar-refractivity contribution in [3.05, 3.63) is 13.8 Å². The molecule has 0 nitrogen and oxygen atoms in total. The van der Waals surface area contributed by atoms with Crippen molar-refractivity contribution in [2.75, 3.05) is 0 Å². The second kappa shape index (κ2) is 264. The van der Waals surface area contributed by atoms with Crippen molar-refractivity contribution in [3.63, 3.8) is 0 Å². The second-order valence-corrected chi connectivity index (χ2v) is 2.06. The molecule has 0 N–H and O–H groups in total. The molecule has 0 saturated carbocycles. The maximum Gasteiger partial charge on any atom is 0 e. The van der Waals surface area contributed by atoms with Crippen LogP contribution in [0.15, 0.2) is 0 Å². The minimum atomic E-state index is 0. The van der Waals surface area contributed by atoms with Crippen LogP contribution in [0.2, 0.25) is 0 Å². The van der Waals surface area contributed by atoms with Crippen LogP contribution in [0.3, 0.4) is 0 Å². The number of hydrogen-bond donors (Lipinski definition) is 0. The predicted octanol–water partition coefficient (Wildman–Crippen LogP) is 11.3. The first kappa shape index (κ1) is 172. The molecule has 0 aromatic rings. The van der Waals surface area contributed by atoms with Gasteiger partial charge >= 0.3 is 0 Å². The summed E-state index contributed by atoms with van der Waals surface area (Å²) in [5, 5.41) is 0. The summed E-state index contributed by atoms with van der Waals surface area (Å²) in [4.78, 5) is 0. The van der Waals surface area contributed by atoms with Gasteiger partial charge in [0, 0.05) is 32.7 Å². The molecule has 0 aromatic heterocycles. The van der Waals surface area contributed by atoms with Crippen LogP contribution >= 0.6 is 0 Å². The van der Waals surface area contributed by atoms with Crippen LogP contribution < -0.4 is 0 Å². The topological polar surface area (TPSA) is 0 Å². The van der Waals surface area contributed by atoms with E-state index in [4.69, 9.17) is 0 Å². The fourth-order valence-electron chi connectivity index (χ4n) is 0.250. The summed E-state index contributed by atoms with van der Waals surface area (Å²) in [6.07, 6.45) is 5.93. The Labute approximate surface area is 180 Å². The molecule has 22 heavy (non-hydrogen) atoms. The van der Waals surface area contributed by atoms with Crippen molar-refractivity contribution in [1.82, 2.24) is 0 Å². The fourth-order valence-corrected chi connectivity index (χ4v) is 0.250. The zero-order valence-electron chi connectivity index (χ0n) is 7.53. The monoisotopic (exact) mass is 409 g/mol. The molecule has 0 aliphatic rings. The molecule has 1 radical (unpaired) electrons. The molecule has 0 aliphatic carbocycles. The van der Waals surface area contributed by atoms with Crippen molar-refractivity contribution in [2.24, 2.45) is 0 Å². The normalized spacial score (nSPS) is 3.27. The third kappa shape index (κ3) is 506. The van der Waals surface area contributed by atoms with Crippen molar-refractivity contribution < 1.29 is 32.7 Å². The molecule has 0 atom stereocenters. The van der Waals surface area contributed by atoms with E-state index in [2.05, 4.69) is 27.7 Å². The SMILES string of the molecule is C.C.C.C.C.C.C.C.C.C.C.C.[CH2-]CCC.[CH2-]CCCC.[Y]. The summed E-state index contributed by atoms with van der Waals surface area (Å²) in [6, 6.07) is 0. The van der Waals surface area contributed by atoms with Gasteiger partial charge in [-0.05, 0) is 0 Å². The molecule has 0 bridgehead atoms. The van der Waals surface area contributed by atoms with Crippen LogP contribution in [0.1, 0.15) is 135 Å². The Kier molecular flexibility index (Phi) is 2060. The van der Waals surface area contributed by atoms with Gasteiger partial charge in [0.25, 0.3) is 0 Å². The van der Waals surface area contributed by atoms with Gasteiger partial charge in [0.05, 0.1) is 0 Å². The molecule has 0 heterocycles. The van der Waals surface area contributed by atoms with E-state index in [0.29, 0.717) is 0 Å². The molecule has 0 fully saturated rings. The van der Waals surface area contributed by atoms with Gasteiger partial charge < -0.3 is 13.8 Å². The van der Waals surface area contributed by atoms with E-state index in [0.717, 1.165) is 12.8 Å². The average molecular weight is 410 g/mol. The Morgan fingerprint density at radius 3 is 0.636 bits per heavy atom. The van der Waals surface area contributed by atoms with Gasteiger partial charge in [0.2, 0.25) is 0 Å². The number of unbranched alkanes of at least 4 members (excludes halogenated alkanes) is 3. The molecule has 0 unspecified atom stereocenters. The van der Waals surface area contributed by atoms with Gasteiger partial charge in [0.1, 0.15) is 0 Å². The van der Waals surface area contributed by atoms with Crippen molar-refractivity contribution in [3.8, 4) is 0 Å². The van der Waals surface area contributed by atoms with E-state index in [9.17, 15) is 0 Å². The van der Waals surface area contributed by atoms with E-state index < -0.39 is 0 Å². The van der Waals surface area contributed by atoms with Crippen molar-refractivity contribution in [2.45, 2.75) is 135 Å². The number of rotatable bonds is 3. The van der Waals surface area contributed by atoms with Gasteiger partial charge in [-0.3, -0.25) is 0 Å². The first-order valence-electron chi connectivity index (χ1n) is 3.91. The molecule has 0 spiro atoms. The van der Waals surface area contributed by atoms with E-state index in [1.54, 1.807) is 0 Å². The molecule has 157 valence electrons. The molecular formula is C21H68Y-2. The Morgan fingerprint density at radius 1 is 0.455 bits per heavy atom. The maximum atomic E-state index is 3.68. The van der Waals surface area contributed by atoms with E-state index in [1.807, 2.05) is 0 Å². The Morgan fingerprint density at radius 2 is 0.636 bits per heavy atom. The van der Waals surface area contributed by atoms with E-state index in [1.165, 1.54) is 19.3 Å². The molecule has 1 heteroatoms. The molecule has 0 aliphatic heterocycles. The summed E-state index contributed by atoms with van der Waals surface area (Å²) in [5.41, 5.74) is 0. The summed E-state index contributed by atoms with van der Waals surface area (Å²) < 4.78 is 0. The zero-order valence-corrected chi connectivity index (χ0v) is 10.4. The number of hydrogen-bond acceptors (Lipinski definition) is 0. The van der Waals surface area contributed by atoms with Gasteiger partial charge in [-0.15, -0.1) is 0 Å². The van der Waals surface area contributed by atoms with Crippen LogP contribution in [0, 0.1) is 13.8 Å². The molecule has 0 amide bonds. The Bertz CT molecular complexity index is 25.1. The Balaban J connectivity index is -0.00000000216. The summed E-state index contributed by atoms with van der Waals surface area (Å²) in [5.74, 6) is 0. The molecule has 0 aromatic carbocycles. The van der Waals surface area contributed by atoms with Gasteiger partial charge in [-0.25, -0.2) is 0 Å². The standard InChI is InChI=1S/C5H11.C4H9.12CH4.Y/c1-3-5-4-2;1-3-4-2;;;;;;;;;;;;;/h1,3-5H2,2H3;1,3-4H2,2H3;12*1H4;/q2*-1;;;;;;;;;;;;;. The first-order valence-corrected chi connectivity index (χ1v) is 3.91. The van der Waals surface area contributed by atoms with Crippen LogP contribution in [0.4, 0.5) is 0 Å². The van der Waals surface area contributed by atoms with Crippen LogP contribution in [-0.2, 0) is 32.7 Å². The third-order valence-electron chi connectivity index (χ3n) is 0.957. The molecule has 0 saturated heterocycles. The van der Waals surface area contributed by atoms with E-state index >= 15 is 0 Å². The first-order chi connectivity index (χ1) is 4.33. The fraction of sp³-hybridized carbons (Fsp3) is 0.905. The second-order valence-electron chi connectivity index (χ2n) is 2.06. The van der Waals surface area contributed by atoms with Gasteiger partial charge in [0.15, 0.2) is 0 Å². The van der Waals surface area contributed by atoms with Gasteiger partial charge in [-0.2, -0.15) is 12.8 Å². The summed E-state index contributed by atoms with van der Waals surface area (Å²) in [6.45, 7) is 11.6. The minimum Gasteiger partial charge on any atom is -0.343 e. The summed E-state index contributed by atoms with van der Waals surface area (Å²) >= 11 is 0. The van der Waals surface area contributed by atoms with Gasteiger partial charge in [-0.1, -0.05) is 122 Å². The largest absolute Gasteiger partial charge is 0.343 e. The maximum absolute atomic E-state index is 3.68. The van der Waals surface area contributed by atoms with E-state index in [-0.39, 0.29) is 122 Å². The quantitative estimate of drug-likeness (QED) is 0.406. The van der Waals surface area contributed by atoms with Crippen LogP contribution in [0.25, 0.3) is 0 Å². The predicted molar refractivity (Wildman–Crippen MR) is 126 cm³/mol. The third-order valence-corrected chi connectivity index (χ3v) is 0.957. The molecule has 0 rings (SSSR count). The smallest absolute Gasteiger partial charge is 0 e. The van der Waals surface area contributed by atoms with Crippen LogP contribution in [0.5, 0.6) is 0 Å². The van der Waals surface area contributed by atoms with Crippen molar-refractivity contribution >= 4 is 0 Å². The zero-order chi connectivity index (χ0) is 7.54. The molecular weight excluding hydrogens is 341 g/mol. The Hall–Kier alpha value is 1.10. The van der Waals surface area contributed by atoms with Crippen LogP contribution in [-0.4, -0.2) is 0 Å². The van der Waals surface area contributed by atoms with Crippen molar-refractivity contribution in [1.29, 1.82) is 0 Å².